The monoisotopic (exact) mass is 365 g/mol. The first kappa shape index (κ1) is 16.3. The molecule has 8 heteroatoms. The zero-order chi connectivity index (χ0) is 17.9. The van der Waals surface area contributed by atoms with Gasteiger partial charge >= 0.3 is 0 Å². The van der Waals surface area contributed by atoms with Crippen LogP contribution in [-0.4, -0.2) is 29.5 Å². The Bertz CT molecular complexity index is 1020. The first-order valence-electron chi connectivity index (χ1n) is 8.03. The largest absolute Gasteiger partial charge is 0.350 e. The Balaban J connectivity index is 1.52. The second-order valence-corrected chi connectivity index (χ2v) is 6.23. The van der Waals surface area contributed by atoms with Crippen molar-refractivity contribution < 1.29 is 0 Å². The summed E-state index contributed by atoms with van der Waals surface area (Å²) in [5, 5.41) is 12.5. The van der Waals surface area contributed by atoms with E-state index in [-0.39, 0.29) is 0 Å². The molecule has 0 spiro atoms. The first-order chi connectivity index (χ1) is 12.7. The molecule has 0 fully saturated rings. The zero-order valence-electron chi connectivity index (χ0n) is 14.0. The van der Waals surface area contributed by atoms with Crippen molar-refractivity contribution in [2.45, 2.75) is 6.54 Å². The Morgan fingerprint density at radius 3 is 2.65 bits per heavy atom. The summed E-state index contributed by atoms with van der Waals surface area (Å²) < 4.78 is 3.55. The zero-order valence-corrected chi connectivity index (χ0v) is 14.8. The quantitative estimate of drug-likeness (QED) is 0.587. The molecule has 0 bridgehead atoms. The Morgan fingerprint density at radius 2 is 1.88 bits per heavy atom. The van der Waals surface area contributed by atoms with Crippen molar-refractivity contribution in [3.63, 3.8) is 0 Å². The highest BCUT2D eigenvalue weighted by Gasteiger charge is 2.07. The second kappa shape index (κ2) is 6.97. The van der Waals surface area contributed by atoms with Crippen LogP contribution in [0.1, 0.15) is 5.56 Å². The number of nitrogens with one attached hydrogen (secondary N) is 1. The SMILES string of the molecule is Cn1cc(CNc2nccc(-c3cnn(-c4ccc(Cl)cc4)c3)n2)cn1. The molecule has 0 aliphatic carbocycles. The molecule has 0 radical (unpaired) electrons. The van der Waals surface area contributed by atoms with Crippen LogP contribution in [0.15, 0.2) is 61.3 Å². The Labute approximate surface area is 155 Å². The minimum Gasteiger partial charge on any atom is -0.350 e. The van der Waals surface area contributed by atoms with Gasteiger partial charge in [0, 0.05) is 48.3 Å². The van der Waals surface area contributed by atoms with Crippen LogP contribution in [0.3, 0.4) is 0 Å². The number of nitrogens with zero attached hydrogens (tertiary/aromatic N) is 6. The van der Waals surface area contributed by atoms with Gasteiger partial charge in [0.15, 0.2) is 0 Å². The number of aromatic nitrogens is 6. The fourth-order valence-electron chi connectivity index (χ4n) is 2.54. The smallest absolute Gasteiger partial charge is 0.223 e. The van der Waals surface area contributed by atoms with E-state index in [0.29, 0.717) is 17.5 Å². The van der Waals surface area contributed by atoms with Gasteiger partial charge < -0.3 is 5.32 Å². The van der Waals surface area contributed by atoms with Crippen LogP contribution >= 0.6 is 11.6 Å². The molecular formula is C18H16ClN7. The van der Waals surface area contributed by atoms with E-state index in [4.69, 9.17) is 11.6 Å². The molecule has 0 amide bonds. The topological polar surface area (TPSA) is 73.5 Å². The van der Waals surface area contributed by atoms with E-state index in [1.807, 2.05) is 56.0 Å². The number of hydrogen-bond acceptors (Lipinski definition) is 5. The molecule has 1 N–H and O–H groups in total. The molecule has 0 unspecified atom stereocenters. The van der Waals surface area contributed by atoms with Gasteiger partial charge in [0.2, 0.25) is 5.95 Å². The van der Waals surface area contributed by atoms with E-state index in [9.17, 15) is 0 Å². The molecule has 1 aromatic carbocycles. The van der Waals surface area contributed by atoms with E-state index in [2.05, 4.69) is 25.5 Å². The van der Waals surface area contributed by atoms with Gasteiger partial charge in [-0.05, 0) is 30.3 Å². The van der Waals surface area contributed by atoms with Crippen LogP contribution in [0.25, 0.3) is 16.9 Å². The maximum atomic E-state index is 5.93. The molecule has 3 aromatic heterocycles. The van der Waals surface area contributed by atoms with Gasteiger partial charge in [0.05, 0.1) is 23.8 Å². The van der Waals surface area contributed by atoms with Gasteiger partial charge in [0.1, 0.15) is 0 Å². The third-order valence-electron chi connectivity index (χ3n) is 3.83. The number of aryl methyl sites for hydroxylation is 1. The summed E-state index contributed by atoms with van der Waals surface area (Å²) in [5.74, 6) is 0.561. The molecule has 4 aromatic rings. The van der Waals surface area contributed by atoms with Crippen molar-refractivity contribution in [1.29, 1.82) is 0 Å². The molecule has 0 atom stereocenters. The molecular weight excluding hydrogens is 350 g/mol. The predicted octanol–water partition coefficient (Wildman–Crippen LogP) is 3.33. The van der Waals surface area contributed by atoms with E-state index in [1.165, 1.54) is 0 Å². The number of hydrogen-bond donors (Lipinski definition) is 1. The van der Waals surface area contributed by atoms with Crippen molar-refractivity contribution in [2.24, 2.45) is 7.05 Å². The van der Waals surface area contributed by atoms with E-state index >= 15 is 0 Å². The molecule has 130 valence electrons. The Kier molecular flexibility index (Phi) is 4.37. The molecule has 3 heterocycles. The minimum absolute atomic E-state index is 0.561. The van der Waals surface area contributed by atoms with Gasteiger partial charge in [-0.15, -0.1) is 0 Å². The average Bonchev–Trinajstić information content (AvgIpc) is 3.30. The van der Waals surface area contributed by atoms with Crippen LogP contribution < -0.4 is 5.32 Å². The molecule has 7 nitrogen and oxygen atoms in total. The third kappa shape index (κ3) is 3.57. The maximum absolute atomic E-state index is 5.93. The van der Waals surface area contributed by atoms with Crippen LogP contribution in [0.5, 0.6) is 0 Å². The molecule has 0 saturated heterocycles. The lowest BCUT2D eigenvalue weighted by Gasteiger charge is -2.04. The summed E-state index contributed by atoms with van der Waals surface area (Å²) in [5.41, 5.74) is 3.71. The molecule has 0 aliphatic rings. The van der Waals surface area contributed by atoms with Crippen molar-refractivity contribution in [1.82, 2.24) is 29.5 Å². The highest BCUT2D eigenvalue weighted by molar-refractivity contribution is 6.30. The lowest BCUT2D eigenvalue weighted by Crippen LogP contribution is -2.03. The van der Waals surface area contributed by atoms with E-state index in [0.717, 1.165) is 22.5 Å². The first-order valence-corrected chi connectivity index (χ1v) is 8.40. The van der Waals surface area contributed by atoms with Gasteiger partial charge in [-0.2, -0.15) is 10.2 Å². The second-order valence-electron chi connectivity index (χ2n) is 5.79. The van der Waals surface area contributed by atoms with Gasteiger partial charge in [-0.3, -0.25) is 4.68 Å². The Hall–Kier alpha value is -3.19. The van der Waals surface area contributed by atoms with Crippen LogP contribution in [-0.2, 0) is 13.6 Å². The number of halogens is 1. The fraction of sp³-hybridized carbons (Fsp3) is 0.111. The Morgan fingerprint density at radius 1 is 1.04 bits per heavy atom. The molecule has 0 aliphatic heterocycles. The molecule has 26 heavy (non-hydrogen) atoms. The summed E-state index contributed by atoms with van der Waals surface area (Å²) in [7, 11) is 1.89. The number of benzene rings is 1. The fourth-order valence-corrected chi connectivity index (χ4v) is 2.67. The predicted molar refractivity (Wildman–Crippen MR) is 100 cm³/mol. The van der Waals surface area contributed by atoms with Crippen molar-refractivity contribution >= 4 is 17.5 Å². The van der Waals surface area contributed by atoms with Crippen LogP contribution in [0, 0.1) is 0 Å². The lowest BCUT2D eigenvalue weighted by atomic mass is 10.2. The van der Waals surface area contributed by atoms with Gasteiger partial charge in [-0.25, -0.2) is 14.6 Å². The lowest BCUT2D eigenvalue weighted by molar-refractivity contribution is 0.767. The van der Waals surface area contributed by atoms with Crippen molar-refractivity contribution in [3.05, 3.63) is 71.9 Å². The van der Waals surface area contributed by atoms with Crippen LogP contribution in [0.4, 0.5) is 5.95 Å². The summed E-state index contributed by atoms with van der Waals surface area (Å²) in [4.78, 5) is 8.83. The maximum Gasteiger partial charge on any atom is 0.223 e. The molecule has 0 saturated carbocycles. The summed E-state index contributed by atoms with van der Waals surface area (Å²) in [6.45, 7) is 0.612. The molecule has 4 rings (SSSR count). The highest BCUT2D eigenvalue weighted by atomic mass is 35.5. The van der Waals surface area contributed by atoms with E-state index < -0.39 is 0 Å². The average molecular weight is 366 g/mol. The van der Waals surface area contributed by atoms with E-state index in [1.54, 1.807) is 21.8 Å². The number of anilines is 1. The van der Waals surface area contributed by atoms with Crippen molar-refractivity contribution in [2.75, 3.05) is 5.32 Å². The van der Waals surface area contributed by atoms with Gasteiger partial charge in [-0.1, -0.05) is 11.6 Å². The van der Waals surface area contributed by atoms with Crippen molar-refractivity contribution in [3.8, 4) is 16.9 Å². The highest BCUT2D eigenvalue weighted by Crippen LogP contribution is 2.20. The third-order valence-corrected chi connectivity index (χ3v) is 4.09. The summed E-state index contributed by atoms with van der Waals surface area (Å²) in [6, 6.07) is 9.37. The number of rotatable bonds is 5. The summed E-state index contributed by atoms with van der Waals surface area (Å²) >= 11 is 5.93. The van der Waals surface area contributed by atoms with Gasteiger partial charge in [0.25, 0.3) is 0 Å². The summed E-state index contributed by atoms with van der Waals surface area (Å²) in [6.07, 6.45) is 9.20. The minimum atomic E-state index is 0.561. The standard InChI is InChI=1S/C18H16ClN7/c1-25-11-13(9-22-25)8-21-18-20-7-6-17(24-18)14-10-23-26(12-14)16-4-2-15(19)3-5-16/h2-7,9-12H,8H2,1H3,(H,20,21,24). The van der Waals surface area contributed by atoms with Crippen LogP contribution in [0.2, 0.25) is 5.02 Å². The normalized spacial score (nSPS) is 10.8.